The zero-order chi connectivity index (χ0) is 21.4. The molecule has 156 valence electrons. The Morgan fingerprint density at radius 3 is 2.32 bits per heavy atom. The molecule has 2 amide bonds. The van der Waals surface area contributed by atoms with Gasteiger partial charge in [-0.1, -0.05) is 11.6 Å². The standard InChI is InChI=1S/C17H20BrClF3N3O3/c1-9(26)25-11(10-5-13(18)23-14(19)6-10)7-24(8-12(25)17(20,21)22)15(27)28-16(2,3)4/h5-6,11-12H,7-8H2,1-4H3/t11-,12-/m1/s1. The first kappa shape index (κ1) is 22.7. The highest BCUT2D eigenvalue weighted by Crippen LogP contribution is 2.37. The Morgan fingerprint density at radius 2 is 1.86 bits per heavy atom. The topological polar surface area (TPSA) is 62.7 Å². The Hall–Kier alpha value is -1.55. The van der Waals surface area contributed by atoms with Crippen molar-refractivity contribution in [2.75, 3.05) is 13.1 Å². The predicted octanol–water partition coefficient (Wildman–Crippen LogP) is 4.57. The molecule has 1 fully saturated rings. The van der Waals surface area contributed by atoms with Crippen LogP contribution >= 0.6 is 27.5 Å². The largest absolute Gasteiger partial charge is 0.444 e. The number of halogens is 5. The number of hydrogen-bond donors (Lipinski definition) is 0. The summed E-state index contributed by atoms with van der Waals surface area (Å²) in [6.45, 7) is 5.04. The van der Waals surface area contributed by atoms with E-state index in [-0.39, 0.29) is 11.7 Å². The Balaban J connectivity index is 2.51. The zero-order valence-corrected chi connectivity index (χ0v) is 18.0. The van der Waals surface area contributed by atoms with Gasteiger partial charge in [0.15, 0.2) is 0 Å². The third kappa shape index (κ3) is 5.50. The molecule has 0 N–H and O–H groups in total. The van der Waals surface area contributed by atoms with Crippen LogP contribution in [0.1, 0.15) is 39.3 Å². The minimum absolute atomic E-state index is 0.0471. The van der Waals surface area contributed by atoms with Crippen LogP contribution in [0.2, 0.25) is 5.15 Å². The number of hydrogen-bond acceptors (Lipinski definition) is 4. The highest BCUT2D eigenvalue weighted by atomic mass is 79.9. The normalized spacial score (nSPS) is 20.9. The van der Waals surface area contributed by atoms with Crippen molar-refractivity contribution in [3.8, 4) is 0 Å². The second kappa shape index (κ2) is 8.06. The van der Waals surface area contributed by atoms with Gasteiger partial charge < -0.3 is 14.5 Å². The summed E-state index contributed by atoms with van der Waals surface area (Å²) in [4.78, 5) is 30.2. The molecule has 0 aromatic carbocycles. The molecule has 1 aromatic heterocycles. The monoisotopic (exact) mass is 485 g/mol. The van der Waals surface area contributed by atoms with Crippen molar-refractivity contribution in [2.45, 2.75) is 51.6 Å². The van der Waals surface area contributed by atoms with E-state index in [1.807, 2.05) is 0 Å². The van der Waals surface area contributed by atoms with Crippen LogP contribution in [0, 0.1) is 0 Å². The molecule has 2 atom stereocenters. The highest BCUT2D eigenvalue weighted by molar-refractivity contribution is 9.10. The molecular weight excluding hydrogens is 467 g/mol. The van der Waals surface area contributed by atoms with E-state index in [4.69, 9.17) is 16.3 Å². The molecule has 1 saturated heterocycles. The van der Waals surface area contributed by atoms with E-state index in [0.717, 1.165) is 16.7 Å². The summed E-state index contributed by atoms with van der Waals surface area (Å²) >= 11 is 9.09. The molecule has 6 nitrogen and oxygen atoms in total. The van der Waals surface area contributed by atoms with Gasteiger partial charge in [0.2, 0.25) is 5.91 Å². The number of carbonyl (C=O) groups excluding carboxylic acids is 2. The van der Waals surface area contributed by atoms with Crippen molar-refractivity contribution in [1.82, 2.24) is 14.8 Å². The van der Waals surface area contributed by atoms with Gasteiger partial charge in [-0.3, -0.25) is 4.79 Å². The van der Waals surface area contributed by atoms with E-state index in [1.54, 1.807) is 20.8 Å². The Morgan fingerprint density at radius 1 is 1.25 bits per heavy atom. The van der Waals surface area contributed by atoms with Crippen LogP contribution in [-0.4, -0.2) is 57.7 Å². The molecular formula is C17H20BrClF3N3O3. The van der Waals surface area contributed by atoms with Crippen LogP contribution in [0.3, 0.4) is 0 Å². The Labute approximate surface area is 174 Å². The first-order valence-electron chi connectivity index (χ1n) is 8.35. The smallest absolute Gasteiger partial charge is 0.410 e. The fourth-order valence-corrected chi connectivity index (χ4v) is 3.78. The number of alkyl halides is 3. The van der Waals surface area contributed by atoms with Crippen molar-refractivity contribution >= 4 is 39.5 Å². The van der Waals surface area contributed by atoms with Crippen LogP contribution in [0.25, 0.3) is 0 Å². The summed E-state index contributed by atoms with van der Waals surface area (Å²) in [5, 5.41) is 0.0471. The molecule has 2 heterocycles. The Bertz CT molecular complexity index is 750. The number of amides is 2. The van der Waals surface area contributed by atoms with E-state index in [1.165, 1.54) is 12.1 Å². The number of nitrogens with zero attached hydrogens (tertiary/aromatic N) is 3. The maximum Gasteiger partial charge on any atom is 0.410 e. The lowest BCUT2D eigenvalue weighted by Gasteiger charge is -2.47. The second-order valence-corrected chi connectivity index (χ2v) is 8.63. The van der Waals surface area contributed by atoms with Crippen LogP contribution in [0.4, 0.5) is 18.0 Å². The lowest BCUT2D eigenvalue weighted by molar-refractivity contribution is -0.207. The van der Waals surface area contributed by atoms with Crippen LogP contribution in [0.15, 0.2) is 16.7 Å². The van der Waals surface area contributed by atoms with Gasteiger partial charge in [0.1, 0.15) is 21.4 Å². The van der Waals surface area contributed by atoms with E-state index in [0.29, 0.717) is 10.2 Å². The molecule has 11 heteroatoms. The molecule has 0 spiro atoms. The van der Waals surface area contributed by atoms with Gasteiger partial charge in [-0.2, -0.15) is 13.2 Å². The minimum Gasteiger partial charge on any atom is -0.444 e. The molecule has 0 bridgehead atoms. The second-order valence-electron chi connectivity index (χ2n) is 7.43. The molecule has 2 rings (SSSR count). The van der Waals surface area contributed by atoms with Gasteiger partial charge >= 0.3 is 12.3 Å². The van der Waals surface area contributed by atoms with Crippen molar-refractivity contribution in [3.05, 3.63) is 27.5 Å². The quantitative estimate of drug-likeness (QED) is 0.546. The van der Waals surface area contributed by atoms with Gasteiger partial charge in [0, 0.05) is 13.5 Å². The molecule has 1 aliphatic heterocycles. The number of ether oxygens (including phenoxy) is 1. The van der Waals surface area contributed by atoms with E-state index in [2.05, 4.69) is 20.9 Å². The first-order chi connectivity index (χ1) is 12.7. The lowest BCUT2D eigenvalue weighted by Crippen LogP contribution is -2.62. The van der Waals surface area contributed by atoms with Crippen LogP contribution < -0.4 is 0 Å². The predicted molar refractivity (Wildman–Crippen MR) is 99.9 cm³/mol. The number of piperazine rings is 1. The summed E-state index contributed by atoms with van der Waals surface area (Å²) in [6.07, 6.45) is -5.62. The number of pyridine rings is 1. The third-order valence-electron chi connectivity index (χ3n) is 4.02. The summed E-state index contributed by atoms with van der Waals surface area (Å²) < 4.78 is 46.8. The van der Waals surface area contributed by atoms with Crippen LogP contribution in [-0.2, 0) is 9.53 Å². The summed E-state index contributed by atoms with van der Waals surface area (Å²) in [6, 6.07) is -0.401. The summed E-state index contributed by atoms with van der Waals surface area (Å²) in [5.41, 5.74) is -0.550. The van der Waals surface area contributed by atoms with E-state index >= 15 is 0 Å². The fraction of sp³-hybridized carbons (Fsp3) is 0.588. The van der Waals surface area contributed by atoms with Gasteiger partial charge in [-0.15, -0.1) is 0 Å². The van der Waals surface area contributed by atoms with E-state index < -0.39 is 42.4 Å². The van der Waals surface area contributed by atoms with Gasteiger partial charge in [-0.05, 0) is 54.4 Å². The van der Waals surface area contributed by atoms with Gasteiger partial charge in [0.05, 0.1) is 12.6 Å². The maximum atomic E-state index is 13.8. The van der Waals surface area contributed by atoms with Crippen LogP contribution in [0.5, 0.6) is 0 Å². The minimum atomic E-state index is -4.74. The molecule has 0 saturated carbocycles. The molecule has 0 radical (unpaired) electrons. The van der Waals surface area contributed by atoms with Crippen molar-refractivity contribution in [1.29, 1.82) is 0 Å². The molecule has 1 aromatic rings. The van der Waals surface area contributed by atoms with Crippen molar-refractivity contribution in [3.63, 3.8) is 0 Å². The maximum absolute atomic E-state index is 13.8. The van der Waals surface area contributed by atoms with E-state index in [9.17, 15) is 22.8 Å². The third-order valence-corrected chi connectivity index (χ3v) is 4.62. The summed E-state index contributed by atoms with van der Waals surface area (Å²) in [5.74, 6) is -0.764. The van der Waals surface area contributed by atoms with Crippen molar-refractivity contribution in [2.24, 2.45) is 0 Å². The lowest BCUT2D eigenvalue weighted by atomic mass is 9.99. The number of carbonyl (C=O) groups is 2. The van der Waals surface area contributed by atoms with Crippen molar-refractivity contribution < 1.29 is 27.5 Å². The van der Waals surface area contributed by atoms with Gasteiger partial charge in [-0.25, -0.2) is 9.78 Å². The average Bonchev–Trinajstić information content (AvgIpc) is 2.50. The molecule has 0 aliphatic carbocycles. The molecule has 28 heavy (non-hydrogen) atoms. The number of rotatable bonds is 1. The average molecular weight is 487 g/mol. The summed E-state index contributed by atoms with van der Waals surface area (Å²) in [7, 11) is 0. The van der Waals surface area contributed by atoms with Gasteiger partial charge in [0.25, 0.3) is 0 Å². The molecule has 0 unspecified atom stereocenters. The molecule has 1 aliphatic rings. The zero-order valence-electron chi connectivity index (χ0n) is 15.7. The Kier molecular flexibility index (Phi) is 6.54. The SMILES string of the molecule is CC(=O)N1[C@@H](c2cc(Cl)nc(Br)c2)CN(C(=O)OC(C)(C)C)C[C@@H]1C(F)(F)F. The fourth-order valence-electron chi connectivity index (χ4n) is 3.00. The number of aromatic nitrogens is 1. The highest BCUT2D eigenvalue weighted by Gasteiger charge is 2.52. The first-order valence-corrected chi connectivity index (χ1v) is 9.52.